The molecule has 0 saturated carbocycles. The molecule has 0 bridgehead atoms. The van der Waals surface area contributed by atoms with Gasteiger partial charge in [0.05, 0.1) is 16.7 Å². The predicted octanol–water partition coefficient (Wildman–Crippen LogP) is 1.92. The Bertz CT molecular complexity index is 645. The Balaban J connectivity index is 1.81. The summed E-state index contributed by atoms with van der Waals surface area (Å²) >= 11 is 12.0. The van der Waals surface area contributed by atoms with E-state index in [1.165, 1.54) is 11.9 Å². The van der Waals surface area contributed by atoms with Crippen LogP contribution in [0.25, 0.3) is 0 Å². The number of likely N-dealkylation sites (tertiary alicyclic amines) is 1. The molecule has 1 N–H and O–H groups in total. The van der Waals surface area contributed by atoms with E-state index in [0.717, 1.165) is 0 Å². The maximum Gasteiger partial charge on any atom is 0.290 e. The minimum atomic E-state index is -0.941. The van der Waals surface area contributed by atoms with Crippen LogP contribution in [0.3, 0.4) is 0 Å². The van der Waals surface area contributed by atoms with Gasteiger partial charge in [-0.25, -0.2) is 0 Å². The van der Waals surface area contributed by atoms with E-state index in [4.69, 9.17) is 27.9 Å². The third-order valence-electron chi connectivity index (χ3n) is 3.75. The molecule has 0 radical (unpaired) electrons. The number of Topliss-reactive ketones (excluding diaryl/α,β-unsaturated/α-hetero) is 1. The van der Waals surface area contributed by atoms with Crippen molar-refractivity contribution >= 4 is 40.8 Å². The number of likely N-dealkylation sites (N-methyl/N-ethyl adjacent to an activating group) is 1. The fourth-order valence-corrected chi connectivity index (χ4v) is 2.86. The largest absolute Gasteiger partial charge is 0.490 e. The van der Waals surface area contributed by atoms with Crippen LogP contribution in [0.15, 0.2) is 18.2 Å². The molecule has 8 heteroatoms. The summed E-state index contributed by atoms with van der Waals surface area (Å²) in [5, 5.41) is 3.55. The minimum Gasteiger partial charge on any atom is -0.490 e. The quantitative estimate of drug-likeness (QED) is 0.611. The van der Waals surface area contributed by atoms with E-state index in [0.29, 0.717) is 28.8 Å². The Labute approximate surface area is 150 Å². The zero-order chi connectivity index (χ0) is 17.9. The van der Waals surface area contributed by atoms with Gasteiger partial charge in [-0.3, -0.25) is 14.4 Å². The van der Waals surface area contributed by atoms with Crippen LogP contribution in [0.1, 0.15) is 13.3 Å². The zero-order valence-electron chi connectivity index (χ0n) is 13.3. The first kappa shape index (κ1) is 18.5. The number of para-hydroxylation sites is 1. The monoisotopic (exact) mass is 372 g/mol. The van der Waals surface area contributed by atoms with Gasteiger partial charge in [0.15, 0.2) is 5.75 Å². The summed E-state index contributed by atoms with van der Waals surface area (Å²) in [7, 11) is 1.50. The van der Waals surface area contributed by atoms with Gasteiger partial charge in [0.1, 0.15) is 5.92 Å². The molecule has 24 heavy (non-hydrogen) atoms. The van der Waals surface area contributed by atoms with Gasteiger partial charge in [-0.2, -0.15) is 0 Å². The molecule has 2 atom stereocenters. The fraction of sp³-hybridized carbons (Fsp3) is 0.438. The van der Waals surface area contributed by atoms with E-state index in [1.807, 2.05) is 0 Å². The number of hydrogen-bond acceptors (Lipinski definition) is 4. The number of halogens is 2. The fourth-order valence-electron chi connectivity index (χ4n) is 2.35. The van der Waals surface area contributed by atoms with Crippen LogP contribution in [0, 0.1) is 5.92 Å². The highest BCUT2D eigenvalue weighted by atomic mass is 35.5. The van der Waals surface area contributed by atoms with Crippen molar-refractivity contribution in [1.82, 2.24) is 10.2 Å². The van der Waals surface area contributed by atoms with E-state index < -0.39 is 23.5 Å². The zero-order valence-corrected chi connectivity index (χ0v) is 14.9. The number of carbonyl (C=O) groups is 3. The van der Waals surface area contributed by atoms with Gasteiger partial charge in [0.25, 0.3) is 5.91 Å². The van der Waals surface area contributed by atoms with Gasteiger partial charge in [-0.05, 0) is 19.1 Å². The molecule has 1 aliphatic rings. The van der Waals surface area contributed by atoms with Gasteiger partial charge in [0, 0.05) is 26.1 Å². The summed E-state index contributed by atoms with van der Waals surface area (Å²) in [6.07, 6.45) is 0.498. The van der Waals surface area contributed by atoms with E-state index in [2.05, 4.69) is 5.32 Å². The predicted molar refractivity (Wildman–Crippen MR) is 90.3 cm³/mol. The molecule has 1 heterocycles. The number of ether oxygens (including phenoxy) is 1. The number of ketones is 1. The van der Waals surface area contributed by atoms with Crippen LogP contribution in [0.4, 0.5) is 0 Å². The van der Waals surface area contributed by atoms with Crippen molar-refractivity contribution in [2.75, 3.05) is 20.2 Å². The molecule has 1 saturated heterocycles. The Kier molecular flexibility index (Phi) is 6.07. The summed E-state index contributed by atoms with van der Waals surface area (Å²) in [6.45, 7) is 2.20. The molecule has 0 spiro atoms. The summed E-state index contributed by atoms with van der Waals surface area (Å²) in [5.41, 5.74) is 0. The SMILES string of the molecule is CC(CCOc1c(Cl)cccc1Cl)NC(=O)C1CN(C)C(=O)C1=O. The average molecular weight is 373 g/mol. The maximum absolute atomic E-state index is 12.1. The number of hydrogen-bond donors (Lipinski definition) is 1. The van der Waals surface area contributed by atoms with Crippen LogP contribution in [0.2, 0.25) is 10.0 Å². The number of carbonyl (C=O) groups excluding carboxylic acids is 3. The van der Waals surface area contributed by atoms with Crippen LogP contribution in [-0.2, 0) is 14.4 Å². The van der Waals surface area contributed by atoms with E-state index in [1.54, 1.807) is 25.1 Å². The standard InChI is InChI=1S/C16H18Cl2N2O4/c1-9(6-7-24-14-11(17)4-3-5-12(14)18)19-15(22)10-8-20(2)16(23)13(10)21/h3-5,9-10H,6-8H2,1-2H3,(H,19,22). The second-order valence-corrected chi connectivity index (χ2v) is 6.51. The second-order valence-electron chi connectivity index (χ2n) is 5.70. The normalized spacial score (nSPS) is 18.7. The van der Waals surface area contributed by atoms with Crippen LogP contribution in [-0.4, -0.2) is 48.7 Å². The van der Waals surface area contributed by atoms with Crippen molar-refractivity contribution in [3.63, 3.8) is 0 Å². The maximum atomic E-state index is 12.1. The highest BCUT2D eigenvalue weighted by Gasteiger charge is 2.41. The summed E-state index contributed by atoms with van der Waals surface area (Å²) in [4.78, 5) is 36.5. The lowest BCUT2D eigenvalue weighted by Crippen LogP contribution is -2.41. The van der Waals surface area contributed by atoms with Gasteiger partial charge in [-0.15, -0.1) is 0 Å². The minimum absolute atomic E-state index is 0.113. The lowest BCUT2D eigenvalue weighted by molar-refractivity contribution is -0.142. The summed E-state index contributed by atoms with van der Waals surface area (Å²) in [5.74, 6) is -2.27. The van der Waals surface area contributed by atoms with Crippen molar-refractivity contribution < 1.29 is 19.1 Å². The molecule has 0 aliphatic carbocycles. The molecule has 130 valence electrons. The highest BCUT2D eigenvalue weighted by molar-refractivity contribution is 6.42. The molecule has 2 rings (SSSR count). The van der Waals surface area contributed by atoms with Crippen LogP contribution < -0.4 is 10.1 Å². The van der Waals surface area contributed by atoms with Crippen molar-refractivity contribution in [1.29, 1.82) is 0 Å². The van der Waals surface area contributed by atoms with Crippen molar-refractivity contribution in [2.45, 2.75) is 19.4 Å². The molecule has 2 unspecified atom stereocenters. The smallest absolute Gasteiger partial charge is 0.290 e. The number of nitrogens with zero attached hydrogens (tertiary/aromatic N) is 1. The Morgan fingerprint density at radius 2 is 2.00 bits per heavy atom. The third kappa shape index (κ3) is 4.19. The number of amides is 2. The van der Waals surface area contributed by atoms with E-state index in [-0.39, 0.29) is 12.6 Å². The molecular formula is C16H18Cl2N2O4. The number of benzene rings is 1. The Morgan fingerprint density at radius 3 is 2.54 bits per heavy atom. The summed E-state index contributed by atoms with van der Waals surface area (Å²) in [6, 6.07) is 4.84. The van der Waals surface area contributed by atoms with Gasteiger partial charge in [0.2, 0.25) is 11.7 Å². The average Bonchev–Trinajstić information content (AvgIpc) is 2.78. The molecule has 2 amide bonds. The van der Waals surface area contributed by atoms with Crippen molar-refractivity contribution in [2.24, 2.45) is 5.92 Å². The second kappa shape index (κ2) is 7.85. The molecule has 1 fully saturated rings. The third-order valence-corrected chi connectivity index (χ3v) is 4.35. The Morgan fingerprint density at radius 1 is 1.38 bits per heavy atom. The summed E-state index contributed by atoms with van der Waals surface area (Å²) < 4.78 is 5.56. The van der Waals surface area contributed by atoms with E-state index in [9.17, 15) is 14.4 Å². The molecule has 6 nitrogen and oxygen atoms in total. The van der Waals surface area contributed by atoms with E-state index >= 15 is 0 Å². The first-order chi connectivity index (χ1) is 11.3. The molecule has 0 aromatic heterocycles. The number of rotatable bonds is 6. The van der Waals surface area contributed by atoms with Crippen molar-refractivity contribution in [3.8, 4) is 5.75 Å². The van der Waals surface area contributed by atoms with Crippen LogP contribution in [0.5, 0.6) is 5.75 Å². The van der Waals surface area contributed by atoms with Gasteiger partial charge < -0.3 is 15.0 Å². The molecule has 1 aromatic carbocycles. The molecule has 1 aliphatic heterocycles. The lowest BCUT2D eigenvalue weighted by Gasteiger charge is -2.17. The highest BCUT2D eigenvalue weighted by Crippen LogP contribution is 2.32. The Hall–Kier alpha value is -1.79. The molecular weight excluding hydrogens is 355 g/mol. The molecule has 1 aromatic rings. The van der Waals surface area contributed by atoms with Gasteiger partial charge in [-0.1, -0.05) is 29.3 Å². The topological polar surface area (TPSA) is 75.7 Å². The van der Waals surface area contributed by atoms with Crippen LogP contribution >= 0.6 is 23.2 Å². The lowest BCUT2D eigenvalue weighted by atomic mass is 10.1. The first-order valence-corrected chi connectivity index (χ1v) is 8.23. The van der Waals surface area contributed by atoms with Gasteiger partial charge >= 0.3 is 0 Å². The van der Waals surface area contributed by atoms with Crippen molar-refractivity contribution in [3.05, 3.63) is 28.2 Å². The first-order valence-electron chi connectivity index (χ1n) is 7.47. The number of nitrogens with one attached hydrogen (secondary N) is 1.